The van der Waals surface area contributed by atoms with Gasteiger partial charge in [0.15, 0.2) is 5.69 Å². The summed E-state index contributed by atoms with van der Waals surface area (Å²) < 4.78 is 10.6. The Morgan fingerprint density at radius 2 is 0.685 bits per heavy atom. The van der Waals surface area contributed by atoms with Gasteiger partial charge in [-0.15, -0.1) is 0 Å². The van der Waals surface area contributed by atoms with Crippen LogP contribution < -0.4 is 9.47 Å². The summed E-state index contributed by atoms with van der Waals surface area (Å²) in [5.74, 6) is 3.04. The fraction of sp³-hybridized carbons (Fsp3) is 0.102. The Bertz CT molecular complexity index is 7150. The van der Waals surface area contributed by atoms with E-state index in [4.69, 9.17) is 27.6 Å². The van der Waals surface area contributed by atoms with E-state index in [0.29, 0.717) is 39.9 Å². The van der Waals surface area contributed by atoms with Gasteiger partial charge in [0.05, 0.1) is 88.1 Å². The maximum Gasteiger partial charge on any atom is 0.187 e. The lowest BCUT2D eigenvalue weighted by atomic mass is 9.98. The second kappa shape index (κ2) is 38.3. The minimum atomic E-state index is 0.206. The number of fused-ring (bicyclic) bond motifs is 6. The van der Waals surface area contributed by atoms with Gasteiger partial charge in [0.2, 0.25) is 0 Å². The molecule has 6 heterocycles. The Morgan fingerprint density at radius 1 is 0.298 bits per heavy atom. The Labute approximate surface area is 725 Å². The first-order valence-electron chi connectivity index (χ1n) is 40.3. The molecule has 0 saturated heterocycles. The number of nitrogens with zero attached hydrogens (tertiary/aromatic N) is 7. The Morgan fingerprint density at radius 3 is 1.19 bits per heavy atom. The van der Waals surface area contributed by atoms with E-state index in [1.807, 2.05) is 178 Å². The van der Waals surface area contributed by atoms with Gasteiger partial charge in [-0.2, -0.15) is 0 Å². The van der Waals surface area contributed by atoms with Crippen LogP contribution in [0.3, 0.4) is 0 Å². The van der Waals surface area contributed by atoms with Crippen molar-refractivity contribution in [3.05, 3.63) is 388 Å². The first-order chi connectivity index (χ1) is 59.9. The number of benzene rings is 13. The van der Waals surface area contributed by atoms with Gasteiger partial charge in [-0.3, -0.25) is 0 Å². The highest BCUT2D eigenvalue weighted by molar-refractivity contribution is 6.30. The lowest BCUT2D eigenvalue weighted by molar-refractivity contribution is 0.415. The molecule has 0 spiro atoms. The SMILES string of the molecule is COc1ccc(-c2cccc3nc(C)c(O)cc23)cc1.COc1cccc(C)c1-c1ccc2nc(C)c(O)cc2c1.Cc1ccc(-c2ccc3cc(O)c(C)nc3c2)cc1.Cc1nc2cc(Cc3ccc(Cl)cc3)ccc2cc1O.Cc1nc2ccc(-c3ccc(-c4ccccc4)cc3)cc2cc1O.[C-]#[N+]c1ccc(-c2ccc3nc(C)c(O)cc3c2)cc1. The van der Waals surface area contributed by atoms with Crippen LogP contribution in [0.25, 0.3) is 137 Å². The van der Waals surface area contributed by atoms with Crippen LogP contribution in [0.15, 0.2) is 315 Å². The first kappa shape index (κ1) is 84.9. The summed E-state index contributed by atoms with van der Waals surface area (Å²) in [6.45, 7) is 21.9. The number of methoxy groups -OCH3 is 2. The van der Waals surface area contributed by atoms with Gasteiger partial charge in [-0.1, -0.05) is 211 Å². The monoisotopic (exact) mass is 1650 g/mol. The van der Waals surface area contributed by atoms with Crippen LogP contribution in [0.2, 0.25) is 5.02 Å². The zero-order valence-electron chi connectivity index (χ0n) is 70.2. The topological polar surface area (TPSA) is 222 Å². The van der Waals surface area contributed by atoms with Gasteiger partial charge >= 0.3 is 0 Å². The first-order valence-corrected chi connectivity index (χ1v) is 40.6. The molecule has 19 rings (SSSR count). The van der Waals surface area contributed by atoms with E-state index in [1.165, 1.54) is 33.4 Å². The number of hydrogen-bond donors (Lipinski definition) is 6. The molecule has 0 bridgehead atoms. The molecular formula is C108H90ClN7O8. The van der Waals surface area contributed by atoms with Gasteiger partial charge in [0, 0.05) is 42.9 Å². The largest absolute Gasteiger partial charge is 0.506 e. The lowest BCUT2D eigenvalue weighted by Gasteiger charge is -2.12. The lowest BCUT2D eigenvalue weighted by Crippen LogP contribution is -1.91. The summed E-state index contributed by atoms with van der Waals surface area (Å²) in [6, 6.07) is 103. The molecule has 0 aliphatic heterocycles. The highest BCUT2D eigenvalue weighted by Gasteiger charge is 2.15. The van der Waals surface area contributed by atoms with Crippen LogP contribution in [0, 0.1) is 62.0 Å². The van der Waals surface area contributed by atoms with Gasteiger partial charge in [0.25, 0.3) is 0 Å². The van der Waals surface area contributed by atoms with Crippen molar-refractivity contribution in [3.63, 3.8) is 0 Å². The second-order valence-electron chi connectivity index (χ2n) is 30.2. The van der Waals surface area contributed by atoms with E-state index in [-0.39, 0.29) is 34.5 Å². The highest BCUT2D eigenvalue weighted by Crippen LogP contribution is 2.39. The molecule has 0 aliphatic rings. The fourth-order valence-electron chi connectivity index (χ4n) is 14.4. The number of halogens is 1. The van der Waals surface area contributed by atoms with E-state index >= 15 is 0 Å². The number of hydrogen-bond acceptors (Lipinski definition) is 14. The summed E-state index contributed by atoms with van der Waals surface area (Å²) in [5, 5.41) is 65.1. The van der Waals surface area contributed by atoms with Crippen molar-refractivity contribution in [2.45, 2.75) is 61.8 Å². The van der Waals surface area contributed by atoms with E-state index < -0.39 is 0 Å². The molecule has 0 saturated carbocycles. The van der Waals surface area contributed by atoms with E-state index in [2.05, 4.69) is 152 Å². The van der Waals surface area contributed by atoms with Crippen LogP contribution in [0.5, 0.6) is 46.0 Å². The molecule has 0 aliphatic carbocycles. The predicted molar refractivity (Wildman–Crippen MR) is 505 cm³/mol. The van der Waals surface area contributed by atoms with Crippen molar-refractivity contribution in [1.82, 2.24) is 29.9 Å². The van der Waals surface area contributed by atoms with Crippen LogP contribution in [0.4, 0.5) is 5.69 Å². The number of aromatic nitrogens is 6. The summed E-state index contributed by atoms with van der Waals surface area (Å²) in [7, 11) is 3.33. The van der Waals surface area contributed by atoms with Crippen molar-refractivity contribution < 1.29 is 40.1 Å². The summed E-state index contributed by atoms with van der Waals surface area (Å²) >= 11 is 5.89. The number of rotatable bonds is 10. The van der Waals surface area contributed by atoms with Crippen molar-refractivity contribution in [2.24, 2.45) is 0 Å². The molecule has 0 fully saturated rings. The summed E-state index contributed by atoms with van der Waals surface area (Å²) in [5.41, 5.74) is 28.0. The third-order valence-corrected chi connectivity index (χ3v) is 21.7. The van der Waals surface area contributed by atoms with Crippen LogP contribution in [-0.4, -0.2) is 74.8 Å². The van der Waals surface area contributed by atoms with Crippen molar-refractivity contribution in [2.75, 3.05) is 14.2 Å². The highest BCUT2D eigenvalue weighted by atomic mass is 35.5. The molecule has 16 heteroatoms. The van der Waals surface area contributed by atoms with Gasteiger partial charge < -0.3 is 40.1 Å². The maximum absolute atomic E-state index is 9.89. The van der Waals surface area contributed by atoms with Gasteiger partial charge in [-0.05, 0) is 261 Å². The smallest absolute Gasteiger partial charge is 0.187 e. The van der Waals surface area contributed by atoms with Gasteiger partial charge in [-0.25, -0.2) is 34.7 Å². The van der Waals surface area contributed by atoms with E-state index in [9.17, 15) is 30.6 Å². The molecule has 0 radical (unpaired) electrons. The van der Waals surface area contributed by atoms with Crippen LogP contribution in [-0.2, 0) is 6.42 Å². The third kappa shape index (κ3) is 20.3. The van der Waals surface area contributed by atoms with Crippen molar-refractivity contribution >= 4 is 82.7 Å². The minimum absolute atomic E-state index is 0.206. The predicted octanol–water partition coefficient (Wildman–Crippen LogP) is 26.9. The van der Waals surface area contributed by atoms with Crippen molar-refractivity contribution in [1.29, 1.82) is 0 Å². The number of aryl methyl sites for hydroxylation is 8. The second-order valence-corrected chi connectivity index (χ2v) is 30.7. The molecule has 0 amide bonds. The summed E-state index contributed by atoms with van der Waals surface area (Å²) in [6.07, 6.45) is 0.842. The van der Waals surface area contributed by atoms with E-state index in [0.717, 1.165) is 144 Å². The zero-order valence-corrected chi connectivity index (χ0v) is 71.0. The summed E-state index contributed by atoms with van der Waals surface area (Å²) in [4.78, 5) is 29.8. The Balaban J connectivity index is 0.000000121. The Hall–Kier alpha value is -15.5. The normalized spacial score (nSPS) is 10.8. The average molecular weight is 1650 g/mol. The quantitative estimate of drug-likeness (QED) is 0.0702. The molecule has 13 aromatic carbocycles. The molecule has 612 valence electrons. The van der Waals surface area contributed by atoms with Crippen LogP contribution >= 0.6 is 11.6 Å². The molecule has 124 heavy (non-hydrogen) atoms. The molecule has 15 nitrogen and oxygen atoms in total. The molecule has 0 atom stereocenters. The molecule has 19 aromatic rings. The standard InChI is InChI=1S/C22H17NO.C18H17NO2.C17H14ClNO.C17H12N2O.C17H15NO2.C17H15NO/c1-15-22(24)14-20-13-19(11-12-21(20)23-15)18-9-7-17(8-10-18)16-5-3-2-4-6-16;1-11-5-4-6-17(21-3)18(11)13-7-8-15-14(9-13)10-16(20)12(2)19-15;1-11-17(20)10-14-5-2-13(9-16(14)19-11)8-12-3-6-15(18)7-4-12;1-11-17(20)10-14-9-13(5-8-16(14)19-11)12-3-6-15(18-2)7-4-12;1-11-17(19)10-15-14(4-3-5-16(15)18-11)12-6-8-13(20-2)9-7-12;1-11-3-5-13(6-4-11)14-7-8-15-10-17(19)12(2)18-16(15)9-14/h2-14,24H,1H3;4-10,20H,1-3H3;2-7,9-10,20H,8H2,1H3;3-10,20H,1H3;3-10,19H,1-2H3;3-10,19H,1-2H3. The maximum atomic E-state index is 9.89. The molecule has 0 unspecified atom stereocenters. The molecule has 6 aromatic heterocycles. The van der Waals surface area contributed by atoms with Crippen molar-refractivity contribution in [3.8, 4) is 113 Å². The Kier molecular flexibility index (Phi) is 26.2. The third-order valence-electron chi connectivity index (χ3n) is 21.5. The number of aromatic hydroxyl groups is 6. The average Bonchev–Trinajstić information content (AvgIpc) is 0.778. The molecule has 6 N–H and O–H groups in total. The fourth-order valence-corrected chi connectivity index (χ4v) is 14.5. The number of pyridine rings is 6. The molecular weight excluding hydrogens is 1560 g/mol. The minimum Gasteiger partial charge on any atom is -0.506 e. The zero-order chi connectivity index (χ0) is 87.2. The number of ether oxygens (including phenoxy) is 2. The van der Waals surface area contributed by atoms with Gasteiger partial charge in [0.1, 0.15) is 46.0 Å². The van der Waals surface area contributed by atoms with Crippen LogP contribution in [0.1, 0.15) is 56.4 Å². The van der Waals surface area contributed by atoms with E-state index in [1.54, 1.807) is 90.4 Å².